The van der Waals surface area contributed by atoms with Crippen LogP contribution < -0.4 is 0 Å². The van der Waals surface area contributed by atoms with Crippen molar-refractivity contribution in [3.8, 4) is 11.1 Å². The van der Waals surface area contributed by atoms with Crippen LogP contribution in [0.15, 0.2) is 42.5 Å². The van der Waals surface area contributed by atoms with E-state index >= 15 is 0 Å². The standard InChI is InChI=1S/C12H7F2NO2/c13-9-4-5-11(12(14)7-9)8-2-1-3-10(6-8)15(16)17/h1-7H. The van der Waals surface area contributed by atoms with Crippen LogP contribution >= 0.6 is 0 Å². The van der Waals surface area contributed by atoms with Gasteiger partial charge in [-0.2, -0.15) is 0 Å². The molecular formula is C12H7F2NO2. The third-order valence-corrected chi connectivity index (χ3v) is 2.30. The van der Waals surface area contributed by atoms with Gasteiger partial charge in [0.1, 0.15) is 11.6 Å². The molecule has 0 aromatic heterocycles. The number of rotatable bonds is 2. The molecule has 0 atom stereocenters. The molecule has 0 spiro atoms. The number of nitrogens with zero attached hydrogens (tertiary/aromatic N) is 1. The largest absolute Gasteiger partial charge is 0.270 e. The van der Waals surface area contributed by atoms with E-state index in [4.69, 9.17) is 0 Å². The number of benzene rings is 2. The first-order valence-corrected chi connectivity index (χ1v) is 4.78. The lowest BCUT2D eigenvalue weighted by Crippen LogP contribution is -1.90. The van der Waals surface area contributed by atoms with Crippen LogP contribution in [0.2, 0.25) is 0 Å². The van der Waals surface area contributed by atoms with Crippen molar-refractivity contribution in [1.82, 2.24) is 0 Å². The molecule has 0 radical (unpaired) electrons. The first kappa shape index (κ1) is 11.2. The summed E-state index contributed by atoms with van der Waals surface area (Å²) >= 11 is 0. The molecule has 0 heterocycles. The van der Waals surface area contributed by atoms with Crippen molar-refractivity contribution in [1.29, 1.82) is 0 Å². The number of halogens is 2. The van der Waals surface area contributed by atoms with Crippen LogP contribution in [0.5, 0.6) is 0 Å². The van der Waals surface area contributed by atoms with Gasteiger partial charge < -0.3 is 0 Å². The third kappa shape index (κ3) is 2.28. The summed E-state index contributed by atoms with van der Waals surface area (Å²) in [5.74, 6) is -1.43. The Labute approximate surface area is 95.5 Å². The van der Waals surface area contributed by atoms with Crippen LogP contribution in [0.25, 0.3) is 11.1 Å². The summed E-state index contributed by atoms with van der Waals surface area (Å²) in [7, 11) is 0. The Bertz CT molecular complexity index is 584. The Hall–Kier alpha value is -2.30. The monoisotopic (exact) mass is 235 g/mol. The molecular weight excluding hydrogens is 228 g/mol. The highest BCUT2D eigenvalue weighted by atomic mass is 19.1. The van der Waals surface area contributed by atoms with Gasteiger partial charge in [-0.05, 0) is 17.7 Å². The first-order chi connectivity index (χ1) is 8.08. The van der Waals surface area contributed by atoms with Crippen molar-refractivity contribution in [2.75, 3.05) is 0 Å². The van der Waals surface area contributed by atoms with Gasteiger partial charge in [0.05, 0.1) is 4.92 Å². The van der Waals surface area contributed by atoms with E-state index in [0.29, 0.717) is 5.56 Å². The SMILES string of the molecule is O=[N+]([O-])c1cccc(-c2ccc(F)cc2F)c1. The molecule has 5 heteroatoms. The maximum atomic E-state index is 13.5. The fourth-order valence-electron chi connectivity index (χ4n) is 1.51. The lowest BCUT2D eigenvalue weighted by Gasteiger charge is -2.03. The first-order valence-electron chi connectivity index (χ1n) is 4.78. The topological polar surface area (TPSA) is 43.1 Å². The summed E-state index contributed by atoms with van der Waals surface area (Å²) in [6, 6.07) is 8.65. The maximum absolute atomic E-state index is 13.5. The summed E-state index contributed by atoms with van der Waals surface area (Å²) in [5, 5.41) is 10.6. The van der Waals surface area contributed by atoms with Crippen LogP contribution in [-0.4, -0.2) is 4.92 Å². The van der Waals surface area contributed by atoms with Crippen LogP contribution in [0.4, 0.5) is 14.5 Å². The summed E-state index contributed by atoms with van der Waals surface area (Å²) in [6.07, 6.45) is 0. The molecule has 0 unspecified atom stereocenters. The molecule has 2 aromatic carbocycles. The zero-order chi connectivity index (χ0) is 12.4. The highest BCUT2D eigenvalue weighted by Gasteiger charge is 2.10. The van der Waals surface area contributed by atoms with Crippen molar-refractivity contribution in [3.63, 3.8) is 0 Å². The van der Waals surface area contributed by atoms with E-state index < -0.39 is 16.6 Å². The second-order valence-electron chi connectivity index (χ2n) is 3.43. The molecule has 0 saturated heterocycles. The molecule has 3 nitrogen and oxygen atoms in total. The predicted molar refractivity (Wildman–Crippen MR) is 58.4 cm³/mol. The Morgan fingerprint density at radius 1 is 1.06 bits per heavy atom. The molecule has 0 aliphatic carbocycles. The van der Waals surface area contributed by atoms with E-state index in [1.807, 2.05) is 0 Å². The Morgan fingerprint density at radius 2 is 1.82 bits per heavy atom. The molecule has 17 heavy (non-hydrogen) atoms. The van der Waals surface area contributed by atoms with Gasteiger partial charge >= 0.3 is 0 Å². The molecule has 86 valence electrons. The predicted octanol–water partition coefficient (Wildman–Crippen LogP) is 3.54. The normalized spacial score (nSPS) is 10.2. The number of nitro benzene ring substituents is 1. The summed E-state index contributed by atoms with van der Waals surface area (Å²) in [5.41, 5.74) is 0.345. The van der Waals surface area contributed by atoms with Crippen molar-refractivity contribution in [2.24, 2.45) is 0 Å². The number of non-ortho nitro benzene ring substituents is 1. The van der Waals surface area contributed by atoms with Crippen molar-refractivity contribution < 1.29 is 13.7 Å². The van der Waals surface area contributed by atoms with Crippen molar-refractivity contribution >= 4 is 5.69 Å². The van der Waals surface area contributed by atoms with Crippen LogP contribution in [0.3, 0.4) is 0 Å². The minimum Gasteiger partial charge on any atom is -0.258 e. The molecule has 0 aliphatic rings. The van der Waals surface area contributed by atoms with Crippen LogP contribution in [0.1, 0.15) is 0 Å². The van der Waals surface area contributed by atoms with Gasteiger partial charge in [0.15, 0.2) is 0 Å². The zero-order valence-electron chi connectivity index (χ0n) is 8.56. The lowest BCUT2D eigenvalue weighted by molar-refractivity contribution is -0.384. The van der Waals surface area contributed by atoms with E-state index in [0.717, 1.165) is 12.1 Å². The smallest absolute Gasteiger partial charge is 0.258 e. The van der Waals surface area contributed by atoms with E-state index in [9.17, 15) is 18.9 Å². The molecule has 0 amide bonds. The highest BCUT2D eigenvalue weighted by Crippen LogP contribution is 2.26. The van der Waals surface area contributed by atoms with Crippen LogP contribution in [0, 0.1) is 21.7 Å². The van der Waals surface area contributed by atoms with Crippen LogP contribution in [-0.2, 0) is 0 Å². The molecule has 2 aromatic rings. The number of hydrogen-bond donors (Lipinski definition) is 0. The van der Waals surface area contributed by atoms with Gasteiger partial charge in [-0.1, -0.05) is 12.1 Å². The van der Waals surface area contributed by atoms with E-state index in [2.05, 4.69) is 0 Å². The quantitative estimate of drug-likeness (QED) is 0.590. The molecule has 0 fully saturated rings. The third-order valence-electron chi connectivity index (χ3n) is 2.30. The van der Waals surface area contributed by atoms with Gasteiger partial charge in [0, 0.05) is 23.8 Å². The van der Waals surface area contributed by atoms with Gasteiger partial charge in [-0.3, -0.25) is 10.1 Å². The van der Waals surface area contributed by atoms with Gasteiger partial charge in [0.2, 0.25) is 0 Å². The van der Waals surface area contributed by atoms with E-state index in [-0.39, 0.29) is 11.3 Å². The summed E-state index contributed by atoms with van der Waals surface area (Å²) < 4.78 is 26.2. The summed E-state index contributed by atoms with van der Waals surface area (Å²) in [6.45, 7) is 0. The number of hydrogen-bond acceptors (Lipinski definition) is 2. The summed E-state index contributed by atoms with van der Waals surface area (Å²) in [4.78, 5) is 10.0. The van der Waals surface area contributed by atoms with Gasteiger partial charge in [-0.15, -0.1) is 0 Å². The fourth-order valence-corrected chi connectivity index (χ4v) is 1.51. The molecule has 0 saturated carbocycles. The maximum Gasteiger partial charge on any atom is 0.270 e. The molecule has 0 N–H and O–H groups in total. The Kier molecular flexibility index (Phi) is 2.82. The average molecular weight is 235 g/mol. The average Bonchev–Trinajstić information content (AvgIpc) is 2.29. The fraction of sp³-hybridized carbons (Fsp3) is 0. The van der Waals surface area contributed by atoms with E-state index in [1.54, 1.807) is 0 Å². The highest BCUT2D eigenvalue weighted by molar-refractivity contribution is 5.66. The van der Waals surface area contributed by atoms with Gasteiger partial charge in [0.25, 0.3) is 5.69 Å². The minimum absolute atomic E-state index is 0.133. The zero-order valence-corrected chi connectivity index (χ0v) is 8.56. The Morgan fingerprint density at radius 3 is 2.47 bits per heavy atom. The van der Waals surface area contributed by atoms with Gasteiger partial charge in [-0.25, -0.2) is 8.78 Å². The molecule has 0 bridgehead atoms. The van der Waals surface area contributed by atoms with Crippen molar-refractivity contribution in [3.05, 3.63) is 64.2 Å². The Balaban J connectivity index is 2.53. The minimum atomic E-state index is -0.745. The second kappa shape index (κ2) is 4.29. The number of nitro groups is 1. The lowest BCUT2D eigenvalue weighted by atomic mass is 10.0. The second-order valence-corrected chi connectivity index (χ2v) is 3.43. The molecule has 0 aliphatic heterocycles. The van der Waals surface area contributed by atoms with E-state index in [1.165, 1.54) is 30.3 Å². The van der Waals surface area contributed by atoms with Crippen molar-refractivity contribution in [2.45, 2.75) is 0 Å². The molecule has 2 rings (SSSR count).